The molecule has 40 heavy (non-hydrogen) atoms. The summed E-state index contributed by atoms with van der Waals surface area (Å²) in [5, 5.41) is 61.8. The van der Waals surface area contributed by atoms with Crippen molar-refractivity contribution in [2.24, 2.45) is 17.8 Å². The SMILES string of the molecule is CC[C@@H]1CCC[C@@H](O[C@@H]2OC(CO)[C@H](O)C3O[C@@H](C(=O)O)C4CC4CCOC32)C1O[C@@H]1OC(C)[C@@H](O)C(O)[C@@H]1O. The van der Waals surface area contributed by atoms with Crippen molar-refractivity contribution in [3.63, 3.8) is 0 Å². The molecule has 2 saturated carbocycles. The molecule has 0 spiro atoms. The number of aliphatic carboxylic acids is 1. The minimum atomic E-state index is -1.47. The molecule has 6 N–H and O–H groups in total. The molecule has 0 aromatic rings. The second kappa shape index (κ2) is 12.7. The Labute approximate surface area is 233 Å². The standard InChI is InChI=1S/C27H44O13/c1-3-12-5-4-6-15(21(12)40-26-20(32)19(31)17(29)11(2)36-26)37-27-24-23(18(30)16(10-28)38-27)39-22(25(33)34)14-9-13(14)7-8-35-24/h11-24,26-32H,3-10H2,1-2H3,(H,33,34)/t11?,12-,13?,14?,15-,16?,17-,18+,19?,20+,21?,22-,23?,24?,26+,27-/m1/s1. The van der Waals surface area contributed by atoms with Gasteiger partial charge in [0.15, 0.2) is 18.7 Å². The highest BCUT2D eigenvalue weighted by Gasteiger charge is 2.55. The minimum absolute atomic E-state index is 0.0219. The van der Waals surface area contributed by atoms with Gasteiger partial charge in [-0.05, 0) is 50.4 Å². The minimum Gasteiger partial charge on any atom is -0.479 e. The van der Waals surface area contributed by atoms with E-state index in [0.717, 1.165) is 19.3 Å². The average Bonchev–Trinajstić information content (AvgIpc) is 3.69. The van der Waals surface area contributed by atoms with Crippen LogP contribution in [0.3, 0.4) is 0 Å². The van der Waals surface area contributed by atoms with Crippen LogP contribution in [0.1, 0.15) is 52.4 Å². The molecule has 0 bridgehead atoms. The summed E-state index contributed by atoms with van der Waals surface area (Å²) in [5.74, 6) is -1.09. The predicted molar refractivity (Wildman–Crippen MR) is 134 cm³/mol. The fourth-order valence-corrected chi connectivity index (χ4v) is 6.77. The molecule has 5 rings (SSSR count). The van der Waals surface area contributed by atoms with Crippen molar-refractivity contribution in [3.05, 3.63) is 0 Å². The van der Waals surface area contributed by atoms with E-state index in [0.29, 0.717) is 25.9 Å². The molecule has 3 heterocycles. The van der Waals surface area contributed by atoms with Crippen LogP contribution in [0.5, 0.6) is 0 Å². The first kappa shape index (κ1) is 30.5. The van der Waals surface area contributed by atoms with Crippen molar-refractivity contribution >= 4 is 5.97 Å². The van der Waals surface area contributed by atoms with Crippen LogP contribution in [0, 0.1) is 17.8 Å². The van der Waals surface area contributed by atoms with Gasteiger partial charge in [0.05, 0.1) is 24.9 Å². The van der Waals surface area contributed by atoms with Crippen LogP contribution < -0.4 is 0 Å². The Bertz CT molecular complexity index is 860. The van der Waals surface area contributed by atoms with Crippen LogP contribution in [-0.2, 0) is 33.2 Å². The summed E-state index contributed by atoms with van der Waals surface area (Å²) in [7, 11) is 0. The topological polar surface area (TPSA) is 194 Å². The van der Waals surface area contributed by atoms with Crippen LogP contribution in [0.4, 0.5) is 0 Å². The number of carboxylic acid groups (broad SMARTS) is 1. The van der Waals surface area contributed by atoms with Gasteiger partial charge in [-0.2, -0.15) is 0 Å². The van der Waals surface area contributed by atoms with Gasteiger partial charge in [-0.1, -0.05) is 19.8 Å². The Morgan fingerprint density at radius 3 is 2.38 bits per heavy atom. The van der Waals surface area contributed by atoms with Gasteiger partial charge in [0.1, 0.15) is 42.7 Å². The third kappa shape index (κ3) is 6.06. The predicted octanol–water partition coefficient (Wildman–Crippen LogP) is -0.864. The van der Waals surface area contributed by atoms with Gasteiger partial charge in [0.25, 0.3) is 0 Å². The molecular weight excluding hydrogens is 532 g/mol. The lowest BCUT2D eigenvalue weighted by Gasteiger charge is -2.48. The number of fused-ring (bicyclic) bond motifs is 2. The molecule has 230 valence electrons. The van der Waals surface area contributed by atoms with Gasteiger partial charge in [-0.3, -0.25) is 0 Å². The van der Waals surface area contributed by atoms with E-state index in [4.69, 9.17) is 28.4 Å². The van der Waals surface area contributed by atoms with E-state index >= 15 is 0 Å². The normalized spacial score (nSPS) is 51.5. The van der Waals surface area contributed by atoms with Gasteiger partial charge < -0.3 is 59.1 Å². The van der Waals surface area contributed by atoms with Crippen molar-refractivity contribution < 1.29 is 63.9 Å². The maximum Gasteiger partial charge on any atom is 0.333 e. The zero-order valence-corrected chi connectivity index (χ0v) is 22.9. The van der Waals surface area contributed by atoms with E-state index in [-0.39, 0.29) is 17.8 Å². The molecule has 3 saturated heterocycles. The van der Waals surface area contributed by atoms with Crippen molar-refractivity contribution in [3.8, 4) is 0 Å². The summed E-state index contributed by atoms with van der Waals surface area (Å²) in [6, 6.07) is 0. The summed E-state index contributed by atoms with van der Waals surface area (Å²) < 4.78 is 36.6. The number of rotatable bonds is 7. The van der Waals surface area contributed by atoms with E-state index in [2.05, 4.69) is 0 Å². The van der Waals surface area contributed by atoms with Crippen LogP contribution >= 0.6 is 0 Å². The number of aliphatic hydroxyl groups is 5. The van der Waals surface area contributed by atoms with Crippen molar-refractivity contribution in [2.75, 3.05) is 13.2 Å². The smallest absolute Gasteiger partial charge is 0.333 e. The van der Waals surface area contributed by atoms with Crippen LogP contribution in [-0.4, -0.2) is 130 Å². The van der Waals surface area contributed by atoms with Gasteiger partial charge in [0, 0.05) is 6.61 Å². The Hall–Kier alpha value is -0.970. The number of aliphatic hydroxyl groups excluding tert-OH is 5. The molecule has 13 heteroatoms. The Morgan fingerprint density at radius 2 is 1.68 bits per heavy atom. The monoisotopic (exact) mass is 576 g/mol. The highest BCUT2D eigenvalue weighted by molar-refractivity contribution is 5.73. The van der Waals surface area contributed by atoms with Gasteiger partial charge in [-0.15, -0.1) is 0 Å². The second-order valence-corrected chi connectivity index (χ2v) is 11.9. The number of ether oxygens (including phenoxy) is 6. The van der Waals surface area contributed by atoms with Crippen molar-refractivity contribution in [1.29, 1.82) is 0 Å². The Morgan fingerprint density at radius 1 is 0.900 bits per heavy atom. The number of hydrogen-bond donors (Lipinski definition) is 6. The van der Waals surface area contributed by atoms with E-state index in [1.165, 1.54) is 0 Å². The van der Waals surface area contributed by atoms with E-state index in [1.807, 2.05) is 6.92 Å². The third-order valence-electron chi connectivity index (χ3n) is 9.34. The molecule has 13 nitrogen and oxygen atoms in total. The number of carbonyl (C=O) groups is 1. The van der Waals surface area contributed by atoms with Gasteiger partial charge >= 0.3 is 5.97 Å². The highest BCUT2D eigenvalue weighted by Crippen LogP contribution is 2.47. The van der Waals surface area contributed by atoms with Crippen molar-refractivity contribution in [2.45, 2.75) is 132 Å². The zero-order chi connectivity index (χ0) is 28.7. The van der Waals surface area contributed by atoms with E-state index < -0.39 is 92.3 Å². The van der Waals surface area contributed by atoms with Crippen LogP contribution in [0.15, 0.2) is 0 Å². The van der Waals surface area contributed by atoms with Gasteiger partial charge in [0.2, 0.25) is 0 Å². The zero-order valence-electron chi connectivity index (χ0n) is 22.9. The maximum atomic E-state index is 12.1. The molecular formula is C27H44O13. The summed E-state index contributed by atoms with van der Waals surface area (Å²) in [6.45, 7) is 3.36. The molecule has 0 aromatic heterocycles. The second-order valence-electron chi connectivity index (χ2n) is 11.9. The summed E-state index contributed by atoms with van der Waals surface area (Å²) in [6.07, 6.45) is -9.69. The fourth-order valence-electron chi connectivity index (χ4n) is 6.77. The molecule has 16 atom stereocenters. The number of hydrogen-bond acceptors (Lipinski definition) is 12. The summed E-state index contributed by atoms with van der Waals surface area (Å²) >= 11 is 0. The fraction of sp³-hybridized carbons (Fsp3) is 0.963. The molecule has 5 aliphatic rings. The molecule has 3 aliphatic heterocycles. The van der Waals surface area contributed by atoms with E-state index in [9.17, 15) is 35.4 Å². The number of carboxylic acids is 1. The van der Waals surface area contributed by atoms with Crippen molar-refractivity contribution in [1.82, 2.24) is 0 Å². The Kier molecular flexibility index (Phi) is 9.69. The largest absolute Gasteiger partial charge is 0.479 e. The molecule has 0 radical (unpaired) electrons. The first-order valence-corrected chi connectivity index (χ1v) is 14.6. The van der Waals surface area contributed by atoms with Crippen LogP contribution in [0.25, 0.3) is 0 Å². The lowest BCUT2D eigenvalue weighted by atomic mass is 9.82. The maximum absolute atomic E-state index is 12.1. The molecule has 8 unspecified atom stereocenters. The summed E-state index contributed by atoms with van der Waals surface area (Å²) in [5.41, 5.74) is 0. The molecule has 5 fully saturated rings. The first-order valence-electron chi connectivity index (χ1n) is 14.6. The van der Waals surface area contributed by atoms with E-state index in [1.54, 1.807) is 6.92 Å². The molecule has 2 aliphatic carbocycles. The highest BCUT2D eigenvalue weighted by atomic mass is 16.7. The van der Waals surface area contributed by atoms with Crippen LogP contribution in [0.2, 0.25) is 0 Å². The average molecular weight is 577 g/mol. The lowest BCUT2D eigenvalue weighted by molar-refractivity contribution is -0.353. The molecule has 0 amide bonds. The van der Waals surface area contributed by atoms with Gasteiger partial charge in [-0.25, -0.2) is 4.79 Å². The lowest BCUT2D eigenvalue weighted by Crippen LogP contribution is -2.63. The quantitative estimate of drug-likeness (QED) is 0.219. The summed E-state index contributed by atoms with van der Waals surface area (Å²) in [4.78, 5) is 12.1. The molecule has 0 aromatic carbocycles. The first-order chi connectivity index (χ1) is 19.1. The Balaban J connectivity index is 1.37. The third-order valence-corrected chi connectivity index (χ3v) is 9.34.